The summed E-state index contributed by atoms with van der Waals surface area (Å²) in [5.74, 6) is -1.51. The molecular formula is C14H12N6O2. The Labute approximate surface area is 125 Å². The van der Waals surface area contributed by atoms with Crippen molar-refractivity contribution in [3.8, 4) is 0 Å². The van der Waals surface area contributed by atoms with Crippen LogP contribution in [0.4, 0.5) is 0 Å². The molecule has 3 rings (SSSR count). The van der Waals surface area contributed by atoms with Gasteiger partial charge in [-0.3, -0.25) is 14.6 Å². The van der Waals surface area contributed by atoms with Gasteiger partial charge in [0, 0.05) is 37.8 Å². The molecule has 0 amide bonds. The van der Waals surface area contributed by atoms with E-state index in [9.17, 15) is 9.59 Å². The van der Waals surface area contributed by atoms with E-state index in [0.717, 1.165) is 11.1 Å². The van der Waals surface area contributed by atoms with Crippen LogP contribution in [0.3, 0.4) is 0 Å². The Morgan fingerprint density at radius 1 is 1.14 bits per heavy atom. The first-order valence-electron chi connectivity index (χ1n) is 6.57. The van der Waals surface area contributed by atoms with Crippen molar-refractivity contribution in [2.75, 3.05) is 0 Å². The third-order valence-corrected chi connectivity index (χ3v) is 3.09. The van der Waals surface area contributed by atoms with E-state index < -0.39 is 11.6 Å². The first kappa shape index (κ1) is 13.8. The molecule has 0 aliphatic carbocycles. The minimum absolute atomic E-state index is 0.0106. The summed E-state index contributed by atoms with van der Waals surface area (Å²) >= 11 is 0. The molecular weight excluding hydrogens is 284 g/mol. The molecule has 0 aliphatic heterocycles. The molecule has 8 nitrogen and oxygen atoms in total. The Bertz CT molecular complexity index is 779. The average Bonchev–Trinajstić information content (AvgIpc) is 3.19. The largest absolute Gasteiger partial charge is 0.350 e. The van der Waals surface area contributed by atoms with Gasteiger partial charge in [-0.2, -0.15) is 5.21 Å². The molecule has 1 N–H and O–H groups in total. The Hall–Kier alpha value is -3.16. The van der Waals surface area contributed by atoms with Crippen molar-refractivity contribution >= 4 is 11.6 Å². The van der Waals surface area contributed by atoms with E-state index in [0.29, 0.717) is 6.54 Å². The van der Waals surface area contributed by atoms with Gasteiger partial charge in [0.25, 0.3) is 5.78 Å². The highest BCUT2D eigenvalue weighted by Crippen LogP contribution is 2.07. The Kier molecular flexibility index (Phi) is 3.82. The number of tetrazole rings is 1. The number of hydrogen-bond acceptors (Lipinski definition) is 6. The van der Waals surface area contributed by atoms with E-state index >= 15 is 0 Å². The second kappa shape index (κ2) is 6.08. The van der Waals surface area contributed by atoms with Crippen LogP contribution in [0.1, 0.15) is 21.7 Å². The fourth-order valence-electron chi connectivity index (χ4n) is 2.04. The SMILES string of the molecule is O=C(Cc1ccn(Cc2ccncc2)c1)C(=O)c1nn[nH]n1. The maximum Gasteiger partial charge on any atom is 0.269 e. The number of aromatic nitrogens is 6. The lowest BCUT2D eigenvalue weighted by atomic mass is 10.1. The molecule has 0 fully saturated rings. The van der Waals surface area contributed by atoms with Gasteiger partial charge in [-0.05, 0) is 34.5 Å². The van der Waals surface area contributed by atoms with Gasteiger partial charge in [0.05, 0.1) is 0 Å². The number of rotatable bonds is 6. The molecule has 8 heteroatoms. The fraction of sp³-hybridized carbons (Fsp3) is 0.143. The molecule has 3 aromatic heterocycles. The van der Waals surface area contributed by atoms with Crippen molar-refractivity contribution in [2.24, 2.45) is 0 Å². The van der Waals surface area contributed by atoms with Crippen LogP contribution in [0.15, 0.2) is 43.0 Å². The summed E-state index contributed by atoms with van der Waals surface area (Å²) in [6, 6.07) is 5.65. The first-order chi connectivity index (χ1) is 10.7. The van der Waals surface area contributed by atoms with Crippen molar-refractivity contribution in [2.45, 2.75) is 13.0 Å². The summed E-state index contributed by atoms with van der Waals surface area (Å²) in [5.41, 5.74) is 1.86. The summed E-state index contributed by atoms with van der Waals surface area (Å²) in [5, 5.41) is 12.4. The minimum Gasteiger partial charge on any atom is -0.350 e. The van der Waals surface area contributed by atoms with E-state index in [1.54, 1.807) is 12.4 Å². The smallest absolute Gasteiger partial charge is 0.269 e. The van der Waals surface area contributed by atoms with Gasteiger partial charge < -0.3 is 4.57 Å². The fourth-order valence-corrected chi connectivity index (χ4v) is 2.04. The van der Waals surface area contributed by atoms with Crippen LogP contribution < -0.4 is 0 Å². The molecule has 0 saturated heterocycles. The molecule has 110 valence electrons. The second-order valence-corrected chi connectivity index (χ2v) is 4.71. The number of nitrogens with zero attached hydrogens (tertiary/aromatic N) is 5. The van der Waals surface area contributed by atoms with E-state index in [-0.39, 0.29) is 12.2 Å². The third kappa shape index (κ3) is 3.11. The molecule has 22 heavy (non-hydrogen) atoms. The Balaban J connectivity index is 1.64. The lowest BCUT2D eigenvalue weighted by molar-refractivity contribution is -0.114. The van der Waals surface area contributed by atoms with E-state index in [2.05, 4.69) is 25.6 Å². The normalized spacial score (nSPS) is 10.5. The molecule has 3 aromatic rings. The van der Waals surface area contributed by atoms with Crippen LogP contribution in [-0.4, -0.2) is 41.7 Å². The van der Waals surface area contributed by atoms with Crippen LogP contribution in [0.5, 0.6) is 0 Å². The minimum atomic E-state index is -0.740. The predicted molar refractivity (Wildman–Crippen MR) is 75.0 cm³/mol. The number of nitrogens with one attached hydrogen (secondary N) is 1. The quantitative estimate of drug-likeness (QED) is 0.522. The molecule has 0 aromatic carbocycles. The Morgan fingerprint density at radius 3 is 2.68 bits per heavy atom. The molecule has 0 aliphatic rings. The number of pyridine rings is 1. The summed E-state index contributed by atoms with van der Waals surface area (Å²) in [6.07, 6.45) is 7.17. The van der Waals surface area contributed by atoms with Crippen molar-refractivity contribution in [1.29, 1.82) is 0 Å². The second-order valence-electron chi connectivity index (χ2n) is 4.71. The number of aromatic amines is 1. The molecule has 0 spiro atoms. The summed E-state index contributed by atoms with van der Waals surface area (Å²) < 4.78 is 1.94. The summed E-state index contributed by atoms with van der Waals surface area (Å²) in [7, 11) is 0. The average molecular weight is 296 g/mol. The van der Waals surface area contributed by atoms with E-state index in [4.69, 9.17) is 0 Å². The first-order valence-corrected chi connectivity index (χ1v) is 6.57. The van der Waals surface area contributed by atoms with Crippen LogP contribution in [0.2, 0.25) is 0 Å². The van der Waals surface area contributed by atoms with Gasteiger partial charge in [0.15, 0.2) is 0 Å². The lowest BCUT2D eigenvalue weighted by Crippen LogP contribution is -2.18. The lowest BCUT2D eigenvalue weighted by Gasteiger charge is -2.02. The molecule has 0 unspecified atom stereocenters. The van der Waals surface area contributed by atoms with Crippen LogP contribution >= 0.6 is 0 Å². The number of carbonyl (C=O) groups excluding carboxylic acids is 2. The third-order valence-electron chi connectivity index (χ3n) is 3.09. The highest BCUT2D eigenvalue weighted by Gasteiger charge is 2.20. The molecule has 0 saturated carbocycles. The highest BCUT2D eigenvalue weighted by molar-refractivity contribution is 6.43. The van der Waals surface area contributed by atoms with E-state index in [1.165, 1.54) is 0 Å². The van der Waals surface area contributed by atoms with Gasteiger partial charge in [-0.15, -0.1) is 10.2 Å². The van der Waals surface area contributed by atoms with Gasteiger partial charge in [-0.1, -0.05) is 0 Å². The zero-order chi connectivity index (χ0) is 15.4. The monoisotopic (exact) mass is 296 g/mol. The van der Waals surface area contributed by atoms with Gasteiger partial charge in [0.2, 0.25) is 11.6 Å². The molecule has 3 heterocycles. The number of H-pyrrole nitrogens is 1. The number of carbonyl (C=O) groups is 2. The van der Waals surface area contributed by atoms with Crippen LogP contribution in [0.25, 0.3) is 0 Å². The van der Waals surface area contributed by atoms with Crippen molar-refractivity contribution in [3.63, 3.8) is 0 Å². The molecule has 0 bridgehead atoms. The van der Waals surface area contributed by atoms with Crippen molar-refractivity contribution in [1.82, 2.24) is 30.2 Å². The number of hydrogen-bond donors (Lipinski definition) is 1. The summed E-state index contributed by atoms with van der Waals surface area (Å²) in [4.78, 5) is 27.6. The van der Waals surface area contributed by atoms with Gasteiger partial charge >= 0.3 is 0 Å². The summed E-state index contributed by atoms with van der Waals surface area (Å²) in [6.45, 7) is 0.676. The van der Waals surface area contributed by atoms with Crippen LogP contribution in [-0.2, 0) is 17.8 Å². The van der Waals surface area contributed by atoms with Crippen molar-refractivity contribution < 1.29 is 9.59 Å². The zero-order valence-electron chi connectivity index (χ0n) is 11.5. The highest BCUT2D eigenvalue weighted by atomic mass is 16.2. The topological polar surface area (TPSA) is 106 Å². The number of Topliss-reactive ketones (excluding diaryl/α,β-unsaturated/α-hetero) is 2. The predicted octanol–water partition coefficient (Wildman–Crippen LogP) is 0.439. The maximum absolute atomic E-state index is 11.9. The van der Waals surface area contributed by atoms with Gasteiger partial charge in [-0.25, -0.2) is 0 Å². The standard InChI is InChI=1S/C14H12N6O2/c21-12(13(22)14-16-18-19-17-14)7-11-3-6-20(9-11)8-10-1-4-15-5-2-10/h1-6,9H,7-8H2,(H,16,17,18,19). The number of ketones is 2. The van der Waals surface area contributed by atoms with Gasteiger partial charge in [0.1, 0.15) is 0 Å². The van der Waals surface area contributed by atoms with Crippen LogP contribution in [0, 0.1) is 0 Å². The zero-order valence-corrected chi connectivity index (χ0v) is 11.5. The molecule has 0 radical (unpaired) electrons. The molecule has 0 atom stereocenters. The van der Waals surface area contributed by atoms with E-state index in [1.807, 2.05) is 35.2 Å². The Morgan fingerprint density at radius 2 is 1.95 bits per heavy atom. The van der Waals surface area contributed by atoms with Crippen molar-refractivity contribution in [3.05, 3.63) is 59.9 Å². The maximum atomic E-state index is 11.9.